The Labute approximate surface area is 210 Å². The van der Waals surface area contributed by atoms with Crippen molar-refractivity contribution in [3.8, 4) is 17.3 Å². The van der Waals surface area contributed by atoms with Crippen LogP contribution in [-0.4, -0.2) is 67.1 Å². The van der Waals surface area contributed by atoms with Crippen molar-refractivity contribution >= 4 is 22.9 Å². The molecule has 5 N–H and O–H groups in total. The van der Waals surface area contributed by atoms with Crippen molar-refractivity contribution in [2.45, 2.75) is 51.1 Å². The van der Waals surface area contributed by atoms with E-state index >= 15 is 0 Å². The van der Waals surface area contributed by atoms with Crippen molar-refractivity contribution in [3.05, 3.63) is 35.8 Å². The topological polar surface area (TPSA) is 157 Å². The Morgan fingerprint density at radius 3 is 2.62 bits per heavy atom. The summed E-state index contributed by atoms with van der Waals surface area (Å²) in [6.45, 7) is 4.43. The van der Waals surface area contributed by atoms with Gasteiger partial charge in [-0.05, 0) is 38.7 Å². The number of anilines is 1. The van der Waals surface area contributed by atoms with Crippen LogP contribution in [0.15, 0.2) is 24.7 Å². The molecule has 1 aliphatic heterocycles. The van der Waals surface area contributed by atoms with Crippen LogP contribution in [0.5, 0.6) is 0 Å². The standard InChI is InChI=1S/C24H27F3N8O2/c1-12(14-3-5-35(6-4-14)22(37)19(29)13(2)36)33-23-32-9-15(8-28)20(34-23)18-11-31-21-17(18)7-16(10-30-21)24(25,26)27/h7,9-14,19,36H,3-6,29H2,1-2H3,(H,30,31)(H,32,33,34)/t12-,13+,19-/m1/s1. The number of hydrogen-bond donors (Lipinski definition) is 4. The average Bonchev–Trinajstić information content (AvgIpc) is 3.30. The molecule has 3 aromatic heterocycles. The average molecular weight is 517 g/mol. The van der Waals surface area contributed by atoms with Crippen LogP contribution in [0.1, 0.15) is 37.8 Å². The SMILES string of the molecule is C[C@H](O)[C@@H](N)C(=O)N1CCC([C@@H](C)Nc2ncc(C#N)c(-c3c[nH]c4ncc(C(F)(F)F)cc34)n2)CC1. The van der Waals surface area contributed by atoms with Gasteiger partial charge in [-0.25, -0.2) is 15.0 Å². The lowest BCUT2D eigenvalue weighted by Gasteiger charge is -2.36. The minimum atomic E-state index is -4.57. The van der Waals surface area contributed by atoms with Crippen molar-refractivity contribution in [2.24, 2.45) is 11.7 Å². The Hall–Kier alpha value is -3.76. The summed E-state index contributed by atoms with van der Waals surface area (Å²) in [5, 5.41) is 22.6. The minimum absolute atomic E-state index is 0.0926. The summed E-state index contributed by atoms with van der Waals surface area (Å²) in [4.78, 5) is 29.4. The first-order valence-corrected chi connectivity index (χ1v) is 11.8. The highest BCUT2D eigenvalue weighted by molar-refractivity contribution is 5.94. The molecule has 13 heteroatoms. The van der Waals surface area contributed by atoms with Gasteiger partial charge in [0.15, 0.2) is 0 Å². The number of aliphatic hydroxyl groups excluding tert-OH is 1. The monoisotopic (exact) mass is 516 g/mol. The van der Waals surface area contributed by atoms with Gasteiger partial charge in [0, 0.05) is 42.5 Å². The maximum atomic E-state index is 13.3. The molecule has 3 atom stereocenters. The number of pyridine rings is 1. The third-order valence-corrected chi connectivity index (χ3v) is 6.74. The number of aliphatic hydroxyl groups is 1. The molecule has 0 aromatic carbocycles. The van der Waals surface area contributed by atoms with Crippen LogP contribution in [0, 0.1) is 17.2 Å². The van der Waals surface area contributed by atoms with Crippen LogP contribution in [0.2, 0.25) is 0 Å². The first-order valence-electron chi connectivity index (χ1n) is 11.8. The van der Waals surface area contributed by atoms with Gasteiger partial charge in [0.1, 0.15) is 17.8 Å². The highest BCUT2D eigenvalue weighted by Crippen LogP contribution is 2.35. The molecule has 3 aromatic rings. The zero-order valence-electron chi connectivity index (χ0n) is 20.3. The molecule has 10 nitrogen and oxygen atoms in total. The second-order valence-corrected chi connectivity index (χ2v) is 9.25. The number of piperidine rings is 1. The van der Waals surface area contributed by atoms with Crippen LogP contribution in [-0.2, 0) is 11.0 Å². The number of fused-ring (bicyclic) bond motifs is 1. The predicted molar refractivity (Wildman–Crippen MR) is 129 cm³/mol. The van der Waals surface area contributed by atoms with E-state index in [0.717, 1.165) is 12.3 Å². The number of halogens is 3. The second-order valence-electron chi connectivity index (χ2n) is 9.25. The molecule has 1 saturated heterocycles. The summed E-state index contributed by atoms with van der Waals surface area (Å²) >= 11 is 0. The molecular weight excluding hydrogens is 489 g/mol. The summed E-state index contributed by atoms with van der Waals surface area (Å²) in [5.74, 6) is 0.127. The second kappa shape index (κ2) is 10.3. The Morgan fingerprint density at radius 2 is 2.00 bits per heavy atom. The number of amides is 1. The number of carbonyl (C=O) groups is 1. The third kappa shape index (κ3) is 5.50. The number of H-pyrrole nitrogens is 1. The van der Waals surface area contributed by atoms with Crippen LogP contribution >= 0.6 is 0 Å². The van der Waals surface area contributed by atoms with E-state index in [4.69, 9.17) is 5.73 Å². The van der Waals surface area contributed by atoms with E-state index in [1.807, 2.05) is 13.0 Å². The quantitative estimate of drug-likeness (QED) is 0.390. The van der Waals surface area contributed by atoms with Gasteiger partial charge < -0.3 is 26.0 Å². The number of nitrogens with two attached hydrogens (primary N) is 1. The molecule has 0 bridgehead atoms. The van der Waals surface area contributed by atoms with Gasteiger partial charge in [-0.1, -0.05) is 0 Å². The number of nitriles is 1. The molecule has 0 spiro atoms. The number of carbonyl (C=O) groups excluding carboxylic acids is 1. The molecule has 196 valence electrons. The fraction of sp³-hybridized carbons (Fsp3) is 0.458. The lowest BCUT2D eigenvalue weighted by Crippen LogP contribution is -2.52. The number of alkyl halides is 3. The third-order valence-electron chi connectivity index (χ3n) is 6.74. The Bertz CT molecular complexity index is 1330. The zero-order valence-corrected chi connectivity index (χ0v) is 20.3. The molecule has 4 rings (SSSR count). The number of likely N-dealkylation sites (tertiary alicyclic amines) is 1. The molecule has 1 fully saturated rings. The van der Waals surface area contributed by atoms with E-state index in [9.17, 15) is 28.3 Å². The van der Waals surface area contributed by atoms with Gasteiger partial charge in [0.2, 0.25) is 11.9 Å². The molecule has 0 aliphatic carbocycles. The smallest absolute Gasteiger partial charge is 0.391 e. The minimum Gasteiger partial charge on any atom is -0.391 e. The maximum Gasteiger partial charge on any atom is 0.417 e. The molecule has 1 amide bonds. The molecular formula is C24H27F3N8O2. The maximum absolute atomic E-state index is 13.3. The number of nitrogens with zero attached hydrogens (tertiary/aromatic N) is 5. The first-order chi connectivity index (χ1) is 17.5. The van der Waals surface area contributed by atoms with Gasteiger partial charge in [-0.3, -0.25) is 4.79 Å². The molecule has 1 aliphatic rings. The van der Waals surface area contributed by atoms with Crippen LogP contribution in [0.4, 0.5) is 19.1 Å². The number of nitrogens with one attached hydrogen (secondary N) is 2. The molecule has 4 heterocycles. The lowest BCUT2D eigenvalue weighted by atomic mass is 9.90. The fourth-order valence-electron chi connectivity index (χ4n) is 4.45. The van der Waals surface area contributed by atoms with Gasteiger partial charge in [0.25, 0.3) is 0 Å². The van der Waals surface area contributed by atoms with Gasteiger partial charge in [-0.15, -0.1) is 0 Å². The summed E-state index contributed by atoms with van der Waals surface area (Å²) in [7, 11) is 0. The number of hydrogen-bond acceptors (Lipinski definition) is 8. The lowest BCUT2D eigenvalue weighted by molar-refractivity contribution is -0.138. The van der Waals surface area contributed by atoms with E-state index in [-0.39, 0.29) is 46.1 Å². The summed E-state index contributed by atoms with van der Waals surface area (Å²) in [6, 6.07) is 1.93. The summed E-state index contributed by atoms with van der Waals surface area (Å²) in [6.07, 6.45) is -0.549. The van der Waals surface area contributed by atoms with E-state index < -0.39 is 23.9 Å². The van der Waals surface area contributed by atoms with Gasteiger partial charge in [0.05, 0.1) is 29.1 Å². The highest BCUT2D eigenvalue weighted by atomic mass is 19.4. The van der Waals surface area contributed by atoms with Crippen molar-refractivity contribution in [3.63, 3.8) is 0 Å². The number of aromatic nitrogens is 4. The highest BCUT2D eigenvalue weighted by Gasteiger charge is 2.32. The van der Waals surface area contributed by atoms with Crippen LogP contribution in [0.25, 0.3) is 22.3 Å². The largest absolute Gasteiger partial charge is 0.417 e. The number of aromatic amines is 1. The summed E-state index contributed by atoms with van der Waals surface area (Å²) in [5.41, 5.74) is 5.72. The summed E-state index contributed by atoms with van der Waals surface area (Å²) < 4.78 is 39.8. The van der Waals surface area contributed by atoms with Gasteiger partial charge in [-0.2, -0.15) is 18.4 Å². The van der Waals surface area contributed by atoms with E-state index in [1.54, 1.807) is 4.90 Å². The zero-order chi connectivity index (χ0) is 26.9. The van der Waals surface area contributed by atoms with E-state index in [1.165, 1.54) is 19.3 Å². The van der Waals surface area contributed by atoms with Crippen molar-refractivity contribution in [2.75, 3.05) is 18.4 Å². The van der Waals surface area contributed by atoms with Crippen molar-refractivity contribution in [1.82, 2.24) is 24.8 Å². The molecule has 0 saturated carbocycles. The fourth-order valence-corrected chi connectivity index (χ4v) is 4.45. The van der Waals surface area contributed by atoms with Crippen LogP contribution < -0.4 is 11.1 Å². The molecule has 0 unspecified atom stereocenters. The predicted octanol–water partition coefficient (Wildman–Crippen LogP) is 2.66. The first kappa shape index (κ1) is 26.3. The number of rotatable bonds is 6. The molecule has 37 heavy (non-hydrogen) atoms. The Morgan fingerprint density at radius 1 is 1.30 bits per heavy atom. The van der Waals surface area contributed by atoms with Crippen LogP contribution in [0.3, 0.4) is 0 Å². The Balaban J connectivity index is 1.52. The Kier molecular flexibility index (Phi) is 7.33. The van der Waals surface area contributed by atoms with E-state index in [2.05, 4.69) is 25.3 Å². The van der Waals surface area contributed by atoms with Crippen molar-refractivity contribution in [1.29, 1.82) is 5.26 Å². The normalized spacial score (nSPS) is 17.3. The van der Waals surface area contributed by atoms with Gasteiger partial charge >= 0.3 is 6.18 Å². The molecule has 0 radical (unpaired) electrons. The van der Waals surface area contributed by atoms with Crippen molar-refractivity contribution < 1.29 is 23.1 Å². The van der Waals surface area contributed by atoms with E-state index in [0.29, 0.717) is 31.5 Å².